The van der Waals surface area contributed by atoms with Crippen molar-refractivity contribution in [2.75, 3.05) is 5.32 Å². The Morgan fingerprint density at radius 1 is 1.13 bits per heavy atom. The number of allylic oxidation sites excluding steroid dienone is 2. The molecule has 1 aromatic heterocycles. The molecule has 0 saturated carbocycles. The van der Waals surface area contributed by atoms with E-state index in [2.05, 4.69) is 16.4 Å². The molecular weight excluding hydrogens is 301 g/mol. The minimum Gasteiger partial charge on any atom is -0.377 e. The van der Waals surface area contributed by atoms with E-state index in [0.717, 1.165) is 23.6 Å². The van der Waals surface area contributed by atoms with Crippen LogP contribution >= 0.6 is 0 Å². The first-order chi connectivity index (χ1) is 11.1. The summed E-state index contributed by atoms with van der Waals surface area (Å²) >= 11 is 0. The fourth-order valence-corrected chi connectivity index (χ4v) is 3.75. The van der Waals surface area contributed by atoms with Crippen LogP contribution in [0.3, 0.4) is 0 Å². The van der Waals surface area contributed by atoms with Gasteiger partial charge in [-0.2, -0.15) is 13.2 Å². The van der Waals surface area contributed by atoms with Crippen molar-refractivity contribution in [3.05, 3.63) is 71.6 Å². The lowest BCUT2D eigenvalue weighted by molar-refractivity contribution is -0.137. The minimum atomic E-state index is -4.37. The Morgan fingerprint density at radius 2 is 2.00 bits per heavy atom. The van der Waals surface area contributed by atoms with Crippen molar-refractivity contribution in [1.82, 2.24) is 4.98 Å². The Bertz CT molecular complexity index is 753. The monoisotopic (exact) mass is 316 g/mol. The van der Waals surface area contributed by atoms with E-state index in [1.807, 2.05) is 18.2 Å². The van der Waals surface area contributed by atoms with E-state index in [0.29, 0.717) is 0 Å². The highest BCUT2D eigenvalue weighted by Gasteiger charge is 2.42. The van der Waals surface area contributed by atoms with E-state index < -0.39 is 11.7 Å². The van der Waals surface area contributed by atoms with Gasteiger partial charge in [-0.25, -0.2) is 0 Å². The number of fused-ring (bicyclic) bond motifs is 3. The van der Waals surface area contributed by atoms with E-state index >= 15 is 0 Å². The van der Waals surface area contributed by atoms with Crippen molar-refractivity contribution in [2.24, 2.45) is 5.92 Å². The van der Waals surface area contributed by atoms with Crippen LogP contribution < -0.4 is 5.32 Å². The molecule has 1 aliphatic heterocycles. The van der Waals surface area contributed by atoms with Crippen LogP contribution in [0.2, 0.25) is 0 Å². The van der Waals surface area contributed by atoms with Gasteiger partial charge in [0.1, 0.15) is 0 Å². The Morgan fingerprint density at radius 3 is 2.74 bits per heavy atom. The normalized spacial score (nSPS) is 25.6. The first-order valence-electron chi connectivity index (χ1n) is 7.59. The maximum Gasteiger partial charge on any atom is 0.418 e. The molecule has 3 atom stereocenters. The number of aromatic nitrogens is 1. The van der Waals surface area contributed by atoms with Crippen molar-refractivity contribution >= 4 is 5.69 Å². The third-order valence-corrected chi connectivity index (χ3v) is 4.75. The third kappa shape index (κ3) is 2.31. The van der Waals surface area contributed by atoms with Gasteiger partial charge < -0.3 is 5.32 Å². The summed E-state index contributed by atoms with van der Waals surface area (Å²) in [7, 11) is 0. The molecule has 1 aromatic carbocycles. The first-order valence-corrected chi connectivity index (χ1v) is 7.59. The van der Waals surface area contributed by atoms with Gasteiger partial charge in [0.2, 0.25) is 0 Å². The molecule has 0 bridgehead atoms. The Labute approximate surface area is 132 Å². The number of rotatable bonds is 1. The summed E-state index contributed by atoms with van der Waals surface area (Å²) in [6, 6.07) is 8.01. The summed E-state index contributed by atoms with van der Waals surface area (Å²) < 4.78 is 40.1. The number of para-hydroxylation sites is 1. The van der Waals surface area contributed by atoms with E-state index in [1.54, 1.807) is 18.5 Å². The number of halogens is 3. The zero-order valence-corrected chi connectivity index (χ0v) is 12.2. The van der Waals surface area contributed by atoms with Gasteiger partial charge in [-0.3, -0.25) is 4.98 Å². The van der Waals surface area contributed by atoms with Crippen LogP contribution in [-0.2, 0) is 6.18 Å². The predicted octanol–water partition coefficient (Wildman–Crippen LogP) is 4.93. The molecule has 1 aliphatic carbocycles. The maximum absolute atomic E-state index is 13.4. The van der Waals surface area contributed by atoms with Gasteiger partial charge in [-0.15, -0.1) is 0 Å². The molecule has 0 amide bonds. The zero-order chi connectivity index (χ0) is 16.0. The second-order valence-corrected chi connectivity index (χ2v) is 6.03. The largest absolute Gasteiger partial charge is 0.418 e. The molecule has 23 heavy (non-hydrogen) atoms. The Hall–Kier alpha value is -2.30. The fourth-order valence-electron chi connectivity index (χ4n) is 3.75. The molecule has 118 valence electrons. The van der Waals surface area contributed by atoms with Gasteiger partial charge in [-0.05, 0) is 35.6 Å². The van der Waals surface area contributed by atoms with Crippen LogP contribution in [0, 0.1) is 5.92 Å². The molecule has 2 nitrogen and oxygen atoms in total. The number of hydrogen-bond donors (Lipinski definition) is 1. The van der Waals surface area contributed by atoms with Crippen molar-refractivity contribution in [3.63, 3.8) is 0 Å². The average molecular weight is 316 g/mol. The first kappa shape index (κ1) is 14.3. The minimum absolute atomic E-state index is 0.0127. The highest BCUT2D eigenvalue weighted by molar-refractivity contribution is 5.65. The number of nitrogens with zero attached hydrogens (tertiary/aromatic N) is 1. The van der Waals surface area contributed by atoms with Crippen molar-refractivity contribution in [3.8, 4) is 0 Å². The number of pyridine rings is 1. The Balaban J connectivity index is 1.86. The maximum atomic E-state index is 13.4. The molecule has 2 aromatic rings. The average Bonchev–Trinajstić information content (AvgIpc) is 3.03. The van der Waals surface area contributed by atoms with E-state index in [9.17, 15) is 13.2 Å². The predicted molar refractivity (Wildman–Crippen MR) is 82.0 cm³/mol. The van der Waals surface area contributed by atoms with Crippen molar-refractivity contribution in [1.29, 1.82) is 0 Å². The highest BCUT2D eigenvalue weighted by atomic mass is 19.4. The standard InChI is InChI=1S/C18H15F3N2/c19-18(20,21)15-8-2-7-14-12-5-1-6-13(12)16(23-17(14)15)11-4-3-9-22-10-11/h1-5,7-10,12-13,16,23H,6H2/t12-,13+,16+/m0/s1. The molecule has 0 saturated heterocycles. The Kier molecular flexibility index (Phi) is 3.18. The smallest absolute Gasteiger partial charge is 0.377 e. The van der Waals surface area contributed by atoms with Gasteiger partial charge in [-0.1, -0.05) is 30.4 Å². The van der Waals surface area contributed by atoms with Crippen molar-refractivity contribution < 1.29 is 13.2 Å². The summed E-state index contributed by atoms with van der Waals surface area (Å²) in [6.45, 7) is 0. The van der Waals surface area contributed by atoms with Crippen molar-refractivity contribution in [2.45, 2.75) is 24.6 Å². The number of hydrogen-bond acceptors (Lipinski definition) is 2. The summed E-state index contributed by atoms with van der Waals surface area (Å²) in [5.41, 5.74) is 1.27. The summed E-state index contributed by atoms with van der Waals surface area (Å²) in [5.74, 6) is 0.230. The summed E-state index contributed by atoms with van der Waals surface area (Å²) in [6.07, 6.45) is 3.99. The molecule has 0 radical (unpaired) electrons. The molecule has 1 N–H and O–H groups in total. The number of benzene rings is 1. The van der Waals surface area contributed by atoms with Crippen LogP contribution in [0.25, 0.3) is 0 Å². The van der Waals surface area contributed by atoms with Gasteiger partial charge in [0.05, 0.1) is 17.3 Å². The number of alkyl halides is 3. The molecule has 2 aliphatic rings. The molecule has 4 rings (SSSR count). The lowest BCUT2D eigenvalue weighted by Gasteiger charge is -2.38. The van der Waals surface area contributed by atoms with Crippen LogP contribution in [-0.4, -0.2) is 4.98 Å². The SMILES string of the molecule is FC(F)(F)c1cccc2c1N[C@H](c1cccnc1)[C@@H]1CC=C[C@H]21. The zero-order valence-electron chi connectivity index (χ0n) is 12.2. The number of anilines is 1. The van der Waals surface area contributed by atoms with Gasteiger partial charge in [0, 0.05) is 18.3 Å². The molecule has 0 spiro atoms. The lowest BCUT2D eigenvalue weighted by Crippen LogP contribution is -2.30. The quantitative estimate of drug-likeness (QED) is 0.755. The molecule has 2 heterocycles. The van der Waals surface area contributed by atoms with E-state index in [1.165, 1.54) is 6.07 Å². The van der Waals surface area contributed by atoms with Gasteiger partial charge >= 0.3 is 6.18 Å². The summed E-state index contributed by atoms with van der Waals surface area (Å²) in [4.78, 5) is 4.12. The highest BCUT2D eigenvalue weighted by Crippen LogP contribution is 2.52. The van der Waals surface area contributed by atoms with E-state index in [4.69, 9.17) is 0 Å². The topological polar surface area (TPSA) is 24.9 Å². The second kappa shape index (κ2) is 5.11. The van der Waals surface area contributed by atoms with Crippen LogP contribution in [0.5, 0.6) is 0 Å². The number of nitrogens with one attached hydrogen (secondary N) is 1. The van der Waals surface area contributed by atoms with Crippen LogP contribution in [0.1, 0.15) is 35.1 Å². The second-order valence-electron chi connectivity index (χ2n) is 6.03. The van der Waals surface area contributed by atoms with Crippen LogP contribution in [0.4, 0.5) is 18.9 Å². The molecular formula is C18H15F3N2. The van der Waals surface area contributed by atoms with Gasteiger partial charge in [0.15, 0.2) is 0 Å². The molecule has 0 fully saturated rings. The third-order valence-electron chi connectivity index (χ3n) is 4.75. The fraction of sp³-hybridized carbons (Fsp3) is 0.278. The van der Waals surface area contributed by atoms with E-state index in [-0.39, 0.29) is 23.6 Å². The summed E-state index contributed by atoms with van der Waals surface area (Å²) in [5, 5.41) is 3.16. The molecule has 0 unspecified atom stereocenters. The lowest BCUT2D eigenvalue weighted by atomic mass is 9.76. The van der Waals surface area contributed by atoms with Crippen LogP contribution in [0.15, 0.2) is 54.9 Å². The van der Waals surface area contributed by atoms with Gasteiger partial charge in [0.25, 0.3) is 0 Å². The molecule has 5 heteroatoms.